The molecule has 0 spiro atoms. The van der Waals surface area contributed by atoms with Crippen LogP contribution in [0.3, 0.4) is 0 Å². The molecule has 19 heteroatoms. The van der Waals surface area contributed by atoms with Crippen molar-refractivity contribution in [3.63, 3.8) is 0 Å². The minimum atomic E-state index is -4.63. The van der Waals surface area contributed by atoms with Gasteiger partial charge in [-0.15, -0.1) is 0 Å². The summed E-state index contributed by atoms with van der Waals surface area (Å²) in [4.78, 5) is 24.4. The molecule has 0 radical (unpaired) electrons. The first-order valence-corrected chi connectivity index (χ1v) is 39.6. The molecule has 0 aliphatic heterocycles. The zero-order valence-electron chi connectivity index (χ0n) is 51.9. The van der Waals surface area contributed by atoms with Crippen LogP contribution in [-0.4, -0.2) is 37.9 Å². The lowest BCUT2D eigenvalue weighted by molar-refractivity contribution is -0.599. The van der Waals surface area contributed by atoms with Crippen LogP contribution < -0.4 is 51.9 Å². The maximum atomic E-state index is 12.6. The van der Waals surface area contributed by atoms with Gasteiger partial charge >= 0.3 is 54.3 Å². The number of aryl methyl sites for hydroxylation is 2. The van der Waals surface area contributed by atoms with E-state index in [4.69, 9.17) is 9.47 Å². The molecule has 0 N–H and O–H groups in total. The van der Waals surface area contributed by atoms with Crippen LogP contribution in [0.4, 0.5) is 0 Å². The van der Waals surface area contributed by atoms with Gasteiger partial charge in [0.2, 0.25) is 3.57 Å². The molecule has 0 fully saturated rings. The van der Waals surface area contributed by atoms with Gasteiger partial charge in [0.1, 0.15) is 31.7 Å². The molecule has 8 aromatic carbocycles. The highest BCUT2D eigenvalue weighted by atomic mass is 127. The first-order chi connectivity index (χ1) is 41.5. The molecule has 0 saturated heterocycles. The van der Waals surface area contributed by atoms with Crippen molar-refractivity contribution < 1.29 is 87.4 Å². The highest BCUT2D eigenvalue weighted by molar-refractivity contribution is 9.12. The number of rotatable bonds is 16. The smallest absolute Gasteiger partial charge is 0.358 e. The fourth-order valence-electron chi connectivity index (χ4n) is 8.71. The van der Waals surface area contributed by atoms with Crippen molar-refractivity contribution in [2.45, 2.75) is 142 Å². The maximum Gasteiger partial charge on any atom is 0.358 e. The molecule has 0 atom stereocenters. The summed E-state index contributed by atoms with van der Waals surface area (Å²) in [6.07, 6.45) is 0. The second-order valence-electron chi connectivity index (χ2n) is 22.7. The molecular weight excluding hydrogens is 1720 g/mol. The van der Waals surface area contributed by atoms with Crippen molar-refractivity contribution in [3.8, 4) is 11.5 Å². The zero-order valence-corrected chi connectivity index (χ0v) is 65.8. The summed E-state index contributed by atoms with van der Waals surface area (Å²) >= 11 is 16.5. The van der Waals surface area contributed by atoms with Crippen LogP contribution in [0.15, 0.2) is 184 Å². The van der Waals surface area contributed by atoms with E-state index in [0.29, 0.717) is 74.9 Å². The van der Waals surface area contributed by atoms with Crippen LogP contribution >= 0.6 is 79.6 Å². The summed E-state index contributed by atoms with van der Waals surface area (Å²) in [5.41, 5.74) is 8.09. The molecule has 0 saturated carbocycles. The number of ether oxygens (including phenoxy) is 2. The number of benzene rings is 8. The van der Waals surface area contributed by atoms with Crippen molar-refractivity contribution in [2.24, 2.45) is 0 Å². The first-order valence-electron chi connectivity index (χ1n) is 28.5. The van der Waals surface area contributed by atoms with Crippen LogP contribution in [0.25, 0.3) is 0 Å². The average molecular weight is 1790 g/mol. The van der Waals surface area contributed by atoms with E-state index in [0.717, 1.165) is 4.47 Å². The van der Waals surface area contributed by atoms with Crippen LogP contribution in [0.2, 0.25) is 0 Å². The molecule has 0 heterocycles. The van der Waals surface area contributed by atoms with E-state index in [1.165, 1.54) is 46.1 Å². The Hall–Kier alpha value is -3.62. The lowest BCUT2D eigenvalue weighted by atomic mass is 9.90. The summed E-state index contributed by atoms with van der Waals surface area (Å²) in [5, 5.41) is 0. The molecule has 0 aliphatic carbocycles. The van der Waals surface area contributed by atoms with Gasteiger partial charge in [-0.2, -0.15) is 0 Å². The third-order valence-electron chi connectivity index (χ3n) is 13.6. The van der Waals surface area contributed by atoms with E-state index in [1.54, 1.807) is 86.6 Å². The van der Waals surface area contributed by atoms with Gasteiger partial charge in [0, 0.05) is 33.5 Å². The predicted octanol–water partition coefficient (Wildman–Crippen LogP) is 14.4. The molecule has 89 heavy (non-hydrogen) atoms. The first kappa shape index (κ1) is 76.1. The molecule has 8 rings (SSSR count). The van der Waals surface area contributed by atoms with E-state index in [1.807, 2.05) is 0 Å². The standard InChI is InChI=1S/C21H28I.C17H15Br3O5S.C17H16Br2O5S.C15H16I/c1-14(2)17-12-19(15(3)4)21(20(13-17)16(5)6)22-18-10-8-7-9-11-18;1-8(2)11-7-14(9(3)4-15(11)26(22,23)24)25-17(21)16-12(19)5-10(18)6-13(16)20;1-9(2)14-8-15(10(3)4-16(14)25(21,22)23)24-17(20)11-5-12(18)7-13(19)6-11;1-12(2)13-8-10-15(11-9-13)16-14-6-4-3-5-7-14/h7-16H,1-6H3;4-8H,1-3H3,(H,22,23,24);4-9H,1-3H3,(H,21,22,23);3-12H,1-2H3/q+1;;;+1/p-2. The van der Waals surface area contributed by atoms with Crippen LogP contribution in [-0.2, 0) is 20.2 Å². The zero-order chi connectivity index (χ0) is 66.4. The summed E-state index contributed by atoms with van der Waals surface area (Å²) in [7, 11) is -9.24. The third kappa shape index (κ3) is 22.8. The van der Waals surface area contributed by atoms with Crippen molar-refractivity contribution in [1.82, 2.24) is 0 Å². The highest BCUT2D eigenvalue weighted by Gasteiger charge is 2.29. The Balaban J connectivity index is 0.000000219. The van der Waals surface area contributed by atoms with Crippen LogP contribution in [0.5, 0.6) is 11.5 Å². The SMILES string of the molecule is CC(C)c1cc(C(C)C)c([I+]c2ccccc2)c(C(C)C)c1.CC(C)c1ccc([I+]c2ccccc2)cc1.Cc1cc(S(=O)(=O)[O-])c(C(C)C)cc1OC(=O)c1c(Br)cc(Br)cc1Br.Cc1cc(S(=O)(=O)[O-])c(C(C)C)cc1OC(=O)c1cc(Br)cc(Br)c1. The Labute approximate surface area is 590 Å². The Morgan fingerprint density at radius 2 is 0.764 bits per heavy atom. The molecule has 0 aromatic heterocycles. The monoisotopic (exact) mass is 1790 g/mol. The number of hydrogen-bond acceptors (Lipinski definition) is 10. The molecule has 0 aliphatic rings. The van der Waals surface area contributed by atoms with Gasteiger partial charge in [0.05, 0.1) is 20.9 Å². The number of halogens is 7. The van der Waals surface area contributed by atoms with Crippen molar-refractivity contribution in [2.75, 3.05) is 0 Å². The fourth-order valence-corrected chi connectivity index (χ4v) is 20.2. The topological polar surface area (TPSA) is 167 Å². The quantitative estimate of drug-likeness (QED) is 0.0393. The van der Waals surface area contributed by atoms with Gasteiger partial charge in [-0.3, -0.25) is 0 Å². The normalized spacial score (nSPS) is 11.5. The van der Waals surface area contributed by atoms with Crippen molar-refractivity contribution in [3.05, 3.63) is 244 Å². The summed E-state index contributed by atoms with van der Waals surface area (Å²) in [6, 6.07) is 49.6. The fraction of sp³-hybridized carbons (Fsp3) is 0.286. The molecular formula is C70H73Br5I2O10S2. The van der Waals surface area contributed by atoms with Crippen molar-refractivity contribution >= 4 is 112 Å². The molecule has 8 aromatic rings. The Kier molecular flexibility index (Phi) is 29.5. The minimum absolute atomic E-state index is 0.00394. The number of hydrogen-bond donors (Lipinski definition) is 0. The molecule has 0 bridgehead atoms. The number of esters is 2. The molecule has 10 nitrogen and oxygen atoms in total. The van der Waals surface area contributed by atoms with Gasteiger partial charge in [-0.1, -0.05) is 192 Å². The lowest BCUT2D eigenvalue weighted by Crippen LogP contribution is -3.62. The molecule has 474 valence electrons. The predicted molar refractivity (Wildman–Crippen MR) is 365 cm³/mol. The number of carbonyl (C=O) groups is 2. The van der Waals surface area contributed by atoms with E-state index in [9.17, 15) is 35.5 Å². The summed E-state index contributed by atoms with van der Waals surface area (Å²) < 4.78 is 89.2. The Morgan fingerprint density at radius 1 is 0.404 bits per heavy atom. The minimum Gasteiger partial charge on any atom is -0.744 e. The largest absolute Gasteiger partial charge is 0.744 e. The van der Waals surface area contributed by atoms with Crippen molar-refractivity contribution in [1.29, 1.82) is 0 Å². The van der Waals surface area contributed by atoms with E-state index < -0.39 is 32.2 Å². The van der Waals surface area contributed by atoms with Gasteiger partial charge in [0.15, 0.2) is 10.7 Å². The van der Waals surface area contributed by atoms with Gasteiger partial charge in [-0.25, -0.2) is 26.4 Å². The molecule has 0 amide bonds. The van der Waals surface area contributed by atoms with Crippen LogP contribution in [0, 0.1) is 28.1 Å². The summed E-state index contributed by atoms with van der Waals surface area (Å²) in [6.45, 7) is 28.6. The van der Waals surface area contributed by atoms with E-state index in [-0.39, 0.29) is 75.5 Å². The average Bonchev–Trinajstić information content (AvgIpc) is 1.50. The second-order valence-corrected chi connectivity index (χ2v) is 35.7. The summed E-state index contributed by atoms with van der Waals surface area (Å²) in [5.74, 6) is 1.16. The van der Waals surface area contributed by atoms with E-state index >= 15 is 0 Å². The van der Waals surface area contributed by atoms with Gasteiger partial charge in [0.25, 0.3) is 0 Å². The Bertz CT molecular complexity index is 3920. The maximum absolute atomic E-state index is 12.6. The van der Waals surface area contributed by atoms with Gasteiger partial charge in [-0.05, 0) is 206 Å². The third-order valence-corrected chi connectivity index (χ3v) is 23.8. The van der Waals surface area contributed by atoms with Crippen LogP contribution in [0.1, 0.15) is 184 Å². The Morgan fingerprint density at radius 3 is 1.13 bits per heavy atom. The highest BCUT2D eigenvalue weighted by Crippen LogP contribution is 2.36. The van der Waals surface area contributed by atoms with E-state index in [2.05, 4.69) is 232 Å². The van der Waals surface area contributed by atoms with Gasteiger partial charge < -0.3 is 18.6 Å². The lowest BCUT2D eigenvalue weighted by Gasteiger charge is -2.19. The second kappa shape index (κ2) is 34.5. The number of carbonyl (C=O) groups excluding carboxylic acids is 2. The molecule has 0 unspecified atom stereocenters.